The summed E-state index contributed by atoms with van der Waals surface area (Å²) < 4.78 is 1.28. The van der Waals surface area contributed by atoms with Crippen molar-refractivity contribution in [3.8, 4) is 0 Å². The van der Waals surface area contributed by atoms with E-state index < -0.39 is 0 Å². The molecule has 0 bridgehead atoms. The zero-order chi connectivity index (χ0) is 9.80. The van der Waals surface area contributed by atoms with Gasteiger partial charge in [0.05, 0.1) is 0 Å². The van der Waals surface area contributed by atoms with Gasteiger partial charge in [-0.05, 0) is 58.3 Å². The largest absolute Gasteiger partial charge is 0.0581 e. The number of hydrogen-bond donors (Lipinski definition) is 0. The van der Waals surface area contributed by atoms with Gasteiger partial charge in [0.15, 0.2) is 0 Å². The van der Waals surface area contributed by atoms with E-state index in [1.54, 1.807) is 0 Å². The van der Waals surface area contributed by atoms with Gasteiger partial charge in [0.25, 0.3) is 0 Å². The molecule has 0 unspecified atom stereocenters. The maximum Gasteiger partial charge on any atom is 0.0130 e. The Kier molecular flexibility index (Phi) is 3.19. The van der Waals surface area contributed by atoms with Gasteiger partial charge in [-0.1, -0.05) is 36.4 Å². The SMILES string of the molecule is Ic1ccc(Cc2cc[c]cc2)cc1. The van der Waals surface area contributed by atoms with E-state index in [0.29, 0.717) is 0 Å². The average molecular weight is 293 g/mol. The Morgan fingerprint density at radius 2 is 1.43 bits per heavy atom. The maximum atomic E-state index is 3.03. The molecule has 1 radical (unpaired) electrons. The molecule has 0 spiro atoms. The van der Waals surface area contributed by atoms with E-state index in [1.807, 2.05) is 12.1 Å². The van der Waals surface area contributed by atoms with Crippen molar-refractivity contribution in [2.45, 2.75) is 6.42 Å². The third-order valence-electron chi connectivity index (χ3n) is 2.11. The molecule has 2 aromatic rings. The molecule has 0 amide bonds. The van der Waals surface area contributed by atoms with Crippen LogP contribution in [0, 0.1) is 9.64 Å². The van der Waals surface area contributed by atoms with Crippen LogP contribution in [0.25, 0.3) is 0 Å². The second-order valence-electron chi connectivity index (χ2n) is 3.21. The molecule has 14 heavy (non-hydrogen) atoms. The number of halogens is 1. The van der Waals surface area contributed by atoms with Gasteiger partial charge in [-0.25, -0.2) is 0 Å². The lowest BCUT2D eigenvalue weighted by molar-refractivity contribution is 1.19. The summed E-state index contributed by atoms with van der Waals surface area (Å²) in [6, 6.07) is 19.8. The summed E-state index contributed by atoms with van der Waals surface area (Å²) in [6.07, 6.45) is 1.01. The molecule has 0 aromatic heterocycles. The van der Waals surface area contributed by atoms with Crippen LogP contribution >= 0.6 is 22.6 Å². The van der Waals surface area contributed by atoms with E-state index in [0.717, 1.165) is 6.42 Å². The predicted octanol–water partition coefficient (Wildman–Crippen LogP) is 3.68. The smallest absolute Gasteiger partial charge is 0.0130 e. The fourth-order valence-electron chi connectivity index (χ4n) is 1.38. The lowest BCUT2D eigenvalue weighted by Gasteiger charge is -2.01. The van der Waals surface area contributed by atoms with Crippen LogP contribution in [0.5, 0.6) is 0 Å². The fraction of sp³-hybridized carbons (Fsp3) is 0.0769. The molecule has 2 rings (SSSR count). The lowest BCUT2D eigenvalue weighted by Crippen LogP contribution is -1.87. The molecule has 2 aromatic carbocycles. The zero-order valence-corrected chi connectivity index (χ0v) is 9.86. The normalized spacial score (nSPS) is 10.1. The molecule has 0 saturated heterocycles. The summed E-state index contributed by atoms with van der Waals surface area (Å²) in [5, 5.41) is 0. The highest BCUT2D eigenvalue weighted by molar-refractivity contribution is 14.1. The van der Waals surface area contributed by atoms with E-state index in [9.17, 15) is 0 Å². The highest BCUT2D eigenvalue weighted by atomic mass is 127. The Labute approximate surface area is 98.1 Å². The second kappa shape index (κ2) is 4.60. The summed E-state index contributed by atoms with van der Waals surface area (Å²) >= 11 is 2.32. The highest BCUT2D eigenvalue weighted by Gasteiger charge is 1.94. The Bertz CT molecular complexity index is 389. The van der Waals surface area contributed by atoms with Crippen LogP contribution in [0.15, 0.2) is 48.5 Å². The van der Waals surface area contributed by atoms with Crippen molar-refractivity contribution in [1.29, 1.82) is 0 Å². The van der Waals surface area contributed by atoms with Crippen LogP contribution in [-0.4, -0.2) is 0 Å². The fourth-order valence-corrected chi connectivity index (χ4v) is 1.74. The first-order valence-electron chi connectivity index (χ1n) is 4.54. The minimum atomic E-state index is 1.01. The molecule has 0 atom stereocenters. The molecule has 0 aliphatic heterocycles. The van der Waals surface area contributed by atoms with Crippen LogP contribution in [-0.2, 0) is 6.42 Å². The van der Waals surface area contributed by atoms with Crippen molar-refractivity contribution in [3.05, 3.63) is 69.3 Å². The molecule has 0 nitrogen and oxygen atoms in total. The van der Waals surface area contributed by atoms with Crippen molar-refractivity contribution in [2.24, 2.45) is 0 Å². The zero-order valence-electron chi connectivity index (χ0n) is 7.70. The lowest BCUT2D eigenvalue weighted by atomic mass is 10.1. The van der Waals surface area contributed by atoms with Crippen LogP contribution in [0.1, 0.15) is 11.1 Å². The molecule has 0 N–H and O–H groups in total. The minimum Gasteiger partial charge on any atom is -0.0581 e. The molecule has 0 aliphatic carbocycles. The van der Waals surface area contributed by atoms with Crippen LogP contribution in [0.3, 0.4) is 0 Å². The van der Waals surface area contributed by atoms with Gasteiger partial charge in [0.1, 0.15) is 0 Å². The first-order chi connectivity index (χ1) is 6.84. The van der Waals surface area contributed by atoms with Crippen molar-refractivity contribution in [3.63, 3.8) is 0 Å². The van der Waals surface area contributed by atoms with Crippen molar-refractivity contribution < 1.29 is 0 Å². The van der Waals surface area contributed by atoms with Crippen molar-refractivity contribution in [1.82, 2.24) is 0 Å². The van der Waals surface area contributed by atoms with Gasteiger partial charge >= 0.3 is 0 Å². The van der Waals surface area contributed by atoms with Gasteiger partial charge < -0.3 is 0 Å². The van der Waals surface area contributed by atoms with Gasteiger partial charge in [0.2, 0.25) is 0 Å². The van der Waals surface area contributed by atoms with Gasteiger partial charge in [-0.3, -0.25) is 0 Å². The summed E-state index contributed by atoms with van der Waals surface area (Å²) in [4.78, 5) is 0. The van der Waals surface area contributed by atoms with Gasteiger partial charge in [-0.15, -0.1) is 0 Å². The molecule has 0 saturated carbocycles. The average Bonchev–Trinajstić information content (AvgIpc) is 2.23. The maximum absolute atomic E-state index is 3.03. The predicted molar refractivity (Wildman–Crippen MR) is 67.2 cm³/mol. The first-order valence-corrected chi connectivity index (χ1v) is 5.62. The van der Waals surface area contributed by atoms with Crippen LogP contribution < -0.4 is 0 Å². The molecular formula is C13H10I. The van der Waals surface area contributed by atoms with E-state index >= 15 is 0 Å². The number of benzene rings is 2. The summed E-state index contributed by atoms with van der Waals surface area (Å²) in [5.41, 5.74) is 2.70. The monoisotopic (exact) mass is 293 g/mol. The van der Waals surface area contributed by atoms with E-state index in [1.165, 1.54) is 14.7 Å². The van der Waals surface area contributed by atoms with E-state index in [2.05, 4.69) is 65.1 Å². The van der Waals surface area contributed by atoms with Gasteiger partial charge in [0, 0.05) is 3.57 Å². The quantitative estimate of drug-likeness (QED) is 0.741. The molecule has 0 heterocycles. The van der Waals surface area contributed by atoms with Crippen molar-refractivity contribution >= 4 is 22.6 Å². The molecule has 69 valence electrons. The highest BCUT2D eigenvalue weighted by Crippen LogP contribution is 2.11. The summed E-state index contributed by atoms with van der Waals surface area (Å²) in [7, 11) is 0. The molecule has 1 heteroatoms. The van der Waals surface area contributed by atoms with Crippen LogP contribution in [0.4, 0.5) is 0 Å². The van der Waals surface area contributed by atoms with E-state index in [4.69, 9.17) is 0 Å². The molecular weight excluding hydrogens is 283 g/mol. The number of rotatable bonds is 2. The summed E-state index contributed by atoms with van der Waals surface area (Å²) in [5.74, 6) is 0. The minimum absolute atomic E-state index is 1.01. The third-order valence-corrected chi connectivity index (χ3v) is 2.83. The molecule has 0 aliphatic rings. The topological polar surface area (TPSA) is 0 Å². The van der Waals surface area contributed by atoms with Gasteiger partial charge in [-0.2, -0.15) is 0 Å². The Balaban J connectivity index is 2.16. The number of hydrogen-bond acceptors (Lipinski definition) is 0. The molecule has 0 fully saturated rings. The Hall–Kier alpha value is -0.830. The standard InChI is InChI=1S/C13H10I/c14-13-8-6-12(7-9-13)10-11-4-2-1-3-5-11/h2-9H,10H2. The first kappa shape index (κ1) is 9.71. The Morgan fingerprint density at radius 1 is 0.857 bits per heavy atom. The van der Waals surface area contributed by atoms with E-state index in [-0.39, 0.29) is 0 Å². The second-order valence-corrected chi connectivity index (χ2v) is 4.46. The third kappa shape index (κ3) is 2.58. The summed E-state index contributed by atoms with van der Waals surface area (Å²) in [6.45, 7) is 0. The van der Waals surface area contributed by atoms with Crippen LogP contribution in [0.2, 0.25) is 0 Å². The van der Waals surface area contributed by atoms with Crippen molar-refractivity contribution in [2.75, 3.05) is 0 Å². The Morgan fingerprint density at radius 3 is 2.07 bits per heavy atom.